The van der Waals surface area contributed by atoms with E-state index in [1.54, 1.807) is 12.1 Å². The highest BCUT2D eigenvalue weighted by Crippen LogP contribution is 2.22. The predicted molar refractivity (Wildman–Crippen MR) is 62.0 cm³/mol. The van der Waals surface area contributed by atoms with Gasteiger partial charge >= 0.3 is 0 Å². The van der Waals surface area contributed by atoms with Gasteiger partial charge in [0.2, 0.25) is 0 Å². The van der Waals surface area contributed by atoms with Crippen LogP contribution in [0.1, 0.15) is 15.9 Å². The van der Waals surface area contributed by atoms with Gasteiger partial charge in [-0.05, 0) is 31.2 Å². The molecule has 0 aromatic heterocycles. The smallest absolute Gasteiger partial charge is 0.128 e. The number of carboxylic acid groups (broad SMARTS) is 1. The Kier molecular flexibility index (Phi) is 3.10. The van der Waals surface area contributed by atoms with Crippen LogP contribution in [0, 0.1) is 6.92 Å². The minimum Gasteiger partial charge on any atom is -0.545 e. The third-order valence-electron chi connectivity index (χ3n) is 2.33. The molecule has 0 aliphatic heterocycles. The maximum Gasteiger partial charge on any atom is 0.128 e. The van der Waals surface area contributed by atoms with Crippen LogP contribution in [0.2, 0.25) is 0 Å². The molecule has 0 N–H and O–H groups in total. The van der Waals surface area contributed by atoms with Crippen molar-refractivity contribution in [2.24, 2.45) is 0 Å². The van der Waals surface area contributed by atoms with E-state index in [0.717, 1.165) is 5.56 Å². The molecule has 2 aromatic rings. The molecule has 0 heterocycles. The van der Waals surface area contributed by atoms with Crippen LogP contribution in [0.3, 0.4) is 0 Å². The number of benzene rings is 2. The van der Waals surface area contributed by atoms with E-state index in [2.05, 4.69) is 0 Å². The maximum absolute atomic E-state index is 10.7. The molecule has 0 saturated heterocycles. The first-order valence-corrected chi connectivity index (χ1v) is 5.21. The summed E-state index contributed by atoms with van der Waals surface area (Å²) in [5, 5.41) is 10.7. The summed E-state index contributed by atoms with van der Waals surface area (Å²) in [6, 6.07) is 13.8. The van der Waals surface area contributed by atoms with E-state index in [0.29, 0.717) is 11.5 Å². The highest BCUT2D eigenvalue weighted by Gasteiger charge is 1.99. The molecule has 0 spiro atoms. The third-order valence-corrected chi connectivity index (χ3v) is 2.33. The van der Waals surface area contributed by atoms with Gasteiger partial charge in [0.05, 0.1) is 5.97 Å². The van der Waals surface area contributed by atoms with E-state index in [4.69, 9.17) is 4.74 Å². The van der Waals surface area contributed by atoms with Crippen LogP contribution < -0.4 is 9.84 Å². The zero-order chi connectivity index (χ0) is 12.3. The maximum atomic E-state index is 10.7. The van der Waals surface area contributed by atoms with Crippen molar-refractivity contribution in [2.45, 2.75) is 6.92 Å². The molecule has 0 bridgehead atoms. The average Bonchev–Trinajstić information content (AvgIpc) is 2.32. The summed E-state index contributed by atoms with van der Waals surface area (Å²) in [4.78, 5) is 10.7. The SMILES string of the molecule is Cc1ccc(Oc2cccc(C(=O)[O-])c2)cc1. The largest absolute Gasteiger partial charge is 0.545 e. The molecule has 17 heavy (non-hydrogen) atoms. The van der Waals surface area contributed by atoms with Gasteiger partial charge in [-0.25, -0.2) is 0 Å². The summed E-state index contributed by atoms with van der Waals surface area (Å²) in [6.07, 6.45) is 0. The molecular weight excluding hydrogens is 216 g/mol. The van der Waals surface area contributed by atoms with Crippen molar-refractivity contribution in [2.75, 3.05) is 0 Å². The van der Waals surface area contributed by atoms with Gasteiger partial charge in [-0.15, -0.1) is 0 Å². The topological polar surface area (TPSA) is 49.4 Å². The van der Waals surface area contributed by atoms with Gasteiger partial charge in [0.25, 0.3) is 0 Å². The van der Waals surface area contributed by atoms with Crippen molar-refractivity contribution in [1.29, 1.82) is 0 Å². The predicted octanol–water partition coefficient (Wildman–Crippen LogP) is 2.15. The van der Waals surface area contributed by atoms with E-state index >= 15 is 0 Å². The van der Waals surface area contributed by atoms with Gasteiger partial charge in [0.15, 0.2) is 0 Å². The molecule has 0 unspecified atom stereocenters. The van der Waals surface area contributed by atoms with E-state index in [1.807, 2.05) is 31.2 Å². The molecule has 0 amide bonds. The lowest BCUT2D eigenvalue weighted by Crippen LogP contribution is -2.21. The lowest BCUT2D eigenvalue weighted by atomic mass is 10.2. The fourth-order valence-corrected chi connectivity index (χ4v) is 1.43. The third kappa shape index (κ3) is 2.84. The first-order chi connectivity index (χ1) is 8.15. The summed E-state index contributed by atoms with van der Waals surface area (Å²) >= 11 is 0. The van der Waals surface area contributed by atoms with Crippen molar-refractivity contribution in [3.8, 4) is 11.5 Å². The molecule has 2 aromatic carbocycles. The summed E-state index contributed by atoms with van der Waals surface area (Å²) in [5.74, 6) is -0.0546. The van der Waals surface area contributed by atoms with Crippen LogP contribution in [0.15, 0.2) is 48.5 Å². The Morgan fingerprint density at radius 1 is 1.06 bits per heavy atom. The van der Waals surface area contributed by atoms with E-state index in [1.165, 1.54) is 12.1 Å². The zero-order valence-corrected chi connectivity index (χ0v) is 9.34. The minimum absolute atomic E-state index is 0.106. The normalized spacial score (nSPS) is 9.94. The Morgan fingerprint density at radius 3 is 2.41 bits per heavy atom. The Bertz CT molecular complexity index is 529. The number of rotatable bonds is 3. The summed E-state index contributed by atoms with van der Waals surface area (Å²) in [7, 11) is 0. The number of ether oxygens (including phenoxy) is 1. The zero-order valence-electron chi connectivity index (χ0n) is 9.34. The fraction of sp³-hybridized carbons (Fsp3) is 0.0714. The van der Waals surface area contributed by atoms with Gasteiger partial charge in [-0.3, -0.25) is 0 Å². The number of aromatic carboxylic acids is 1. The number of carboxylic acids is 1. The quantitative estimate of drug-likeness (QED) is 0.807. The molecule has 0 atom stereocenters. The Balaban J connectivity index is 2.21. The second-order valence-corrected chi connectivity index (χ2v) is 3.73. The Hall–Kier alpha value is -2.29. The van der Waals surface area contributed by atoms with Crippen LogP contribution in [-0.2, 0) is 0 Å². The molecule has 86 valence electrons. The van der Waals surface area contributed by atoms with E-state index < -0.39 is 5.97 Å². The molecule has 0 aliphatic rings. The van der Waals surface area contributed by atoms with Gasteiger partial charge < -0.3 is 14.6 Å². The van der Waals surface area contributed by atoms with Gasteiger partial charge in [0.1, 0.15) is 11.5 Å². The second kappa shape index (κ2) is 4.70. The van der Waals surface area contributed by atoms with E-state index in [9.17, 15) is 9.90 Å². The lowest BCUT2D eigenvalue weighted by Gasteiger charge is -2.08. The highest BCUT2D eigenvalue weighted by molar-refractivity contribution is 5.86. The van der Waals surface area contributed by atoms with Crippen LogP contribution in [-0.4, -0.2) is 5.97 Å². The number of hydrogen-bond acceptors (Lipinski definition) is 3. The molecule has 0 radical (unpaired) electrons. The first-order valence-electron chi connectivity index (χ1n) is 5.21. The second-order valence-electron chi connectivity index (χ2n) is 3.73. The van der Waals surface area contributed by atoms with Crippen molar-refractivity contribution in [3.63, 3.8) is 0 Å². The van der Waals surface area contributed by atoms with Gasteiger partial charge in [-0.2, -0.15) is 0 Å². The minimum atomic E-state index is -1.21. The molecule has 0 fully saturated rings. The van der Waals surface area contributed by atoms with Gasteiger partial charge in [0, 0.05) is 5.56 Å². The lowest BCUT2D eigenvalue weighted by molar-refractivity contribution is -0.255. The summed E-state index contributed by atoms with van der Waals surface area (Å²) < 4.78 is 5.53. The molecule has 2 rings (SSSR count). The van der Waals surface area contributed by atoms with Crippen molar-refractivity contribution in [3.05, 3.63) is 59.7 Å². The average molecular weight is 227 g/mol. The molecule has 0 aliphatic carbocycles. The highest BCUT2D eigenvalue weighted by atomic mass is 16.5. The summed E-state index contributed by atoms with van der Waals surface area (Å²) in [6.45, 7) is 1.99. The van der Waals surface area contributed by atoms with Crippen LogP contribution in [0.5, 0.6) is 11.5 Å². The fourth-order valence-electron chi connectivity index (χ4n) is 1.43. The molecule has 0 saturated carbocycles. The number of hydrogen-bond donors (Lipinski definition) is 0. The molecule has 3 nitrogen and oxygen atoms in total. The van der Waals surface area contributed by atoms with Crippen molar-refractivity contribution in [1.82, 2.24) is 0 Å². The van der Waals surface area contributed by atoms with Crippen molar-refractivity contribution >= 4 is 5.97 Å². The standard InChI is InChI=1S/C14H12O3/c1-10-5-7-12(8-6-10)17-13-4-2-3-11(9-13)14(15)16/h2-9H,1H3,(H,15,16)/p-1. The molecule has 3 heteroatoms. The summed E-state index contributed by atoms with van der Waals surface area (Å²) in [5.41, 5.74) is 1.25. The first kappa shape index (κ1) is 11.2. The monoisotopic (exact) mass is 227 g/mol. The number of aryl methyl sites for hydroxylation is 1. The Labute approximate surface area is 99.3 Å². The number of carbonyl (C=O) groups is 1. The number of carbonyl (C=O) groups excluding carboxylic acids is 1. The van der Waals surface area contributed by atoms with E-state index in [-0.39, 0.29) is 5.56 Å². The van der Waals surface area contributed by atoms with Gasteiger partial charge in [-0.1, -0.05) is 29.8 Å². The Morgan fingerprint density at radius 2 is 1.76 bits per heavy atom. The van der Waals surface area contributed by atoms with Crippen LogP contribution in [0.4, 0.5) is 0 Å². The van der Waals surface area contributed by atoms with Crippen molar-refractivity contribution < 1.29 is 14.6 Å². The van der Waals surface area contributed by atoms with Crippen LogP contribution >= 0.6 is 0 Å². The van der Waals surface area contributed by atoms with Crippen LogP contribution in [0.25, 0.3) is 0 Å². The molecular formula is C14H11O3-.